The third kappa shape index (κ3) is 4.75. The molecule has 0 saturated carbocycles. The van der Waals surface area contributed by atoms with Crippen LogP contribution < -0.4 is 10.6 Å². The summed E-state index contributed by atoms with van der Waals surface area (Å²) < 4.78 is 1.82. The number of hydrogen-bond donors (Lipinski definition) is 2. The summed E-state index contributed by atoms with van der Waals surface area (Å²) in [5.41, 5.74) is 3.65. The Bertz CT molecular complexity index is 1220. The Hall–Kier alpha value is -4.19. The molecule has 6 heteroatoms. The van der Waals surface area contributed by atoms with Crippen LogP contribution in [0.3, 0.4) is 0 Å². The second-order valence-electron chi connectivity index (χ2n) is 7.38. The van der Waals surface area contributed by atoms with Crippen LogP contribution >= 0.6 is 0 Å². The summed E-state index contributed by atoms with van der Waals surface area (Å²) in [5, 5.41) is 5.73. The predicted octanol–water partition coefficient (Wildman–Crippen LogP) is 4.31. The number of nitrogens with zero attached hydrogens (tertiary/aromatic N) is 2. The number of amides is 2. The molecule has 4 aromatic rings. The molecule has 1 heterocycles. The van der Waals surface area contributed by atoms with Gasteiger partial charge in [0.2, 0.25) is 5.95 Å². The second kappa shape index (κ2) is 9.75. The fourth-order valence-electron chi connectivity index (χ4n) is 3.51. The van der Waals surface area contributed by atoms with Gasteiger partial charge in [0.1, 0.15) is 0 Å². The first kappa shape index (κ1) is 21.1. The number of rotatable bonds is 7. The molecule has 0 atom stereocenters. The third-order valence-electron chi connectivity index (χ3n) is 5.24. The number of carbonyl (C=O) groups is 2. The highest BCUT2D eigenvalue weighted by Crippen LogP contribution is 2.22. The second-order valence-corrected chi connectivity index (χ2v) is 7.38. The number of imidazole rings is 1. The van der Waals surface area contributed by atoms with E-state index in [1.54, 1.807) is 30.5 Å². The van der Waals surface area contributed by atoms with Gasteiger partial charge >= 0.3 is 0 Å². The lowest BCUT2D eigenvalue weighted by Gasteiger charge is -2.11. The van der Waals surface area contributed by atoms with E-state index in [-0.39, 0.29) is 11.8 Å². The first-order chi connectivity index (χ1) is 15.6. The number of carbonyl (C=O) groups excluding carboxylic acids is 2. The van der Waals surface area contributed by atoms with Crippen LogP contribution in [-0.4, -0.2) is 27.9 Å². The molecule has 0 aliphatic heterocycles. The Labute approximate surface area is 186 Å². The van der Waals surface area contributed by atoms with Crippen LogP contribution in [0.4, 0.5) is 5.95 Å². The number of nitrogens with one attached hydrogen (secondary N) is 2. The van der Waals surface area contributed by atoms with Crippen molar-refractivity contribution < 1.29 is 9.59 Å². The summed E-state index contributed by atoms with van der Waals surface area (Å²) in [4.78, 5) is 30.1. The molecule has 160 valence electrons. The Morgan fingerprint density at radius 3 is 2.09 bits per heavy atom. The molecule has 2 N–H and O–H groups in total. The Kier molecular flexibility index (Phi) is 6.41. The molecule has 0 saturated heterocycles. The van der Waals surface area contributed by atoms with Crippen molar-refractivity contribution in [1.82, 2.24) is 14.9 Å². The van der Waals surface area contributed by atoms with Crippen LogP contribution in [0.15, 0.2) is 91.1 Å². The van der Waals surface area contributed by atoms with Gasteiger partial charge < -0.3 is 9.88 Å². The summed E-state index contributed by atoms with van der Waals surface area (Å²) in [6, 6.07) is 26.5. The van der Waals surface area contributed by atoms with Crippen molar-refractivity contribution in [2.75, 3.05) is 11.9 Å². The topological polar surface area (TPSA) is 76.0 Å². The molecule has 0 aliphatic rings. The van der Waals surface area contributed by atoms with E-state index in [0.717, 1.165) is 23.2 Å². The van der Waals surface area contributed by atoms with E-state index >= 15 is 0 Å². The number of anilines is 1. The van der Waals surface area contributed by atoms with Crippen molar-refractivity contribution in [3.8, 4) is 11.3 Å². The molecule has 0 bridgehead atoms. The maximum atomic E-state index is 13.0. The minimum absolute atomic E-state index is 0.281. The Balaban J connectivity index is 1.46. The molecule has 0 fully saturated rings. The monoisotopic (exact) mass is 424 g/mol. The first-order valence-corrected chi connectivity index (χ1v) is 10.4. The highest BCUT2D eigenvalue weighted by Gasteiger charge is 2.18. The summed E-state index contributed by atoms with van der Waals surface area (Å²) in [6.45, 7) is 0.485. The lowest BCUT2D eigenvalue weighted by Crippen LogP contribution is -2.28. The van der Waals surface area contributed by atoms with Crippen molar-refractivity contribution in [2.45, 2.75) is 6.42 Å². The summed E-state index contributed by atoms with van der Waals surface area (Å²) in [7, 11) is 1.84. The molecule has 4 rings (SSSR count). The molecule has 1 aromatic heterocycles. The fraction of sp³-hybridized carbons (Fsp3) is 0.115. The first-order valence-electron chi connectivity index (χ1n) is 10.4. The molecule has 6 nitrogen and oxygen atoms in total. The van der Waals surface area contributed by atoms with Crippen molar-refractivity contribution in [3.63, 3.8) is 0 Å². The van der Waals surface area contributed by atoms with Crippen LogP contribution in [0.2, 0.25) is 0 Å². The van der Waals surface area contributed by atoms with E-state index < -0.39 is 0 Å². The van der Waals surface area contributed by atoms with Gasteiger partial charge in [-0.15, -0.1) is 0 Å². The van der Waals surface area contributed by atoms with Gasteiger partial charge in [0.25, 0.3) is 11.8 Å². The zero-order chi connectivity index (χ0) is 22.3. The maximum absolute atomic E-state index is 13.0. The van der Waals surface area contributed by atoms with Crippen molar-refractivity contribution >= 4 is 17.8 Å². The highest BCUT2D eigenvalue weighted by atomic mass is 16.2. The molecule has 3 aromatic carbocycles. The lowest BCUT2D eigenvalue weighted by atomic mass is 10.1. The average molecular weight is 425 g/mol. The van der Waals surface area contributed by atoms with Gasteiger partial charge in [-0.05, 0) is 29.7 Å². The predicted molar refractivity (Wildman–Crippen MR) is 126 cm³/mol. The summed E-state index contributed by atoms with van der Waals surface area (Å²) in [6.07, 6.45) is 2.43. The number of benzene rings is 3. The van der Waals surface area contributed by atoms with Gasteiger partial charge in [0.05, 0.1) is 23.0 Å². The van der Waals surface area contributed by atoms with Crippen LogP contribution in [0.25, 0.3) is 11.3 Å². The molecule has 0 radical (unpaired) electrons. The molecular formula is C26H24N4O2. The van der Waals surface area contributed by atoms with E-state index in [1.807, 2.05) is 72.3 Å². The van der Waals surface area contributed by atoms with Crippen LogP contribution in [-0.2, 0) is 13.5 Å². The van der Waals surface area contributed by atoms with E-state index in [2.05, 4.69) is 15.6 Å². The van der Waals surface area contributed by atoms with E-state index in [9.17, 15) is 9.59 Å². The quantitative estimate of drug-likeness (QED) is 0.464. The van der Waals surface area contributed by atoms with Gasteiger partial charge in [-0.25, -0.2) is 4.98 Å². The minimum atomic E-state index is -0.382. The average Bonchev–Trinajstić information content (AvgIpc) is 3.20. The third-order valence-corrected chi connectivity index (χ3v) is 5.24. The highest BCUT2D eigenvalue weighted by molar-refractivity contribution is 6.11. The van der Waals surface area contributed by atoms with Crippen molar-refractivity contribution in [1.29, 1.82) is 0 Å². The van der Waals surface area contributed by atoms with Crippen LogP contribution in [0.1, 0.15) is 26.3 Å². The SMILES string of the molecule is Cn1c(-c2ccccc2)cnc1NC(=O)c1ccccc1C(=O)NCCc1ccccc1. The van der Waals surface area contributed by atoms with Gasteiger partial charge in [-0.1, -0.05) is 72.8 Å². The van der Waals surface area contributed by atoms with Crippen molar-refractivity contribution in [2.24, 2.45) is 7.05 Å². The molecule has 2 amide bonds. The standard InChI is InChI=1S/C26H24N4O2/c1-30-23(20-12-6-3-7-13-20)18-28-26(30)29-25(32)22-15-9-8-14-21(22)24(31)27-17-16-19-10-4-2-5-11-19/h2-15,18H,16-17H2,1H3,(H,27,31)(H,28,29,32). The fourth-order valence-corrected chi connectivity index (χ4v) is 3.51. The maximum Gasteiger partial charge on any atom is 0.258 e. The normalized spacial score (nSPS) is 10.5. The smallest absolute Gasteiger partial charge is 0.258 e. The van der Waals surface area contributed by atoms with E-state index in [1.165, 1.54) is 0 Å². The zero-order valence-corrected chi connectivity index (χ0v) is 17.8. The molecule has 0 aliphatic carbocycles. The largest absolute Gasteiger partial charge is 0.352 e. The van der Waals surface area contributed by atoms with Gasteiger partial charge in [0, 0.05) is 13.6 Å². The number of hydrogen-bond acceptors (Lipinski definition) is 3. The van der Waals surface area contributed by atoms with Gasteiger partial charge in [-0.2, -0.15) is 0 Å². The van der Waals surface area contributed by atoms with Gasteiger partial charge in [0.15, 0.2) is 0 Å². The Morgan fingerprint density at radius 1 is 0.812 bits per heavy atom. The molecular weight excluding hydrogens is 400 g/mol. The zero-order valence-electron chi connectivity index (χ0n) is 17.8. The Morgan fingerprint density at radius 2 is 1.41 bits per heavy atom. The van der Waals surface area contributed by atoms with Crippen molar-refractivity contribution in [3.05, 3.63) is 108 Å². The molecule has 0 spiro atoms. The lowest BCUT2D eigenvalue weighted by molar-refractivity contribution is 0.0940. The minimum Gasteiger partial charge on any atom is -0.352 e. The summed E-state index contributed by atoms with van der Waals surface area (Å²) in [5.74, 6) is -0.253. The van der Waals surface area contributed by atoms with Crippen LogP contribution in [0.5, 0.6) is 0 Å². The van der Waals surface area contributed by atoms with Gasteiger partial charge in [-0.3, -0.25) is 14.9 Å². The molecule has 0 unspecified atom stereocenters. The van der Waals surface area contributed by atoms with E-state index in [4.69, 9.17) is 0 Å². The van der Waals surface area contributed by atoms with Crippen LogP contribution in [0, 0.1) is 0 Å². The molecule has 32 heavy (non-hydrogen) atoms. The number of aromatic nitrogens is 2. The summed E-state index contributed by atoms with van der Waals surface area (Å²) >= 11 is 0. The van der Waals surface area contributed by atoms with E-state index in [0.29, 0.717) is 23.6 Å².